The van der Waals surface area contributed by atoms with Crippen molar-refractivity contribution in [2.75, 3.05) is 17.2 Å². The van der Waals surface area contributed by atoms with E-state index in [1.54, 1.807) is 18.2 Å². The van der Waals surface area contributed by atoms with E-state index in [2.05, 4.69) is 17.6 Å². The SMILES string of the molecule is CCC(C)Oc1ccc(NC(=O)CNc2cc(Cl)cc(Cl)c2)cc1. The predicted molar refractivity (Wildman–Crippen MR) is 100 cm³/mol. The second-order valence-electron chi connectivity index (χ2n) is 5.42. The zero-order valence-electron chi connectivity index (χ0n) is 13.6. The molecule has 0 saturated carbocycles. The summed E-state index contributed by atoms with van der Waals surface area (Å²) in [6.45, 7) is 4.20. The molecule has 1 atom stereocenters. The van der Waals surface area contributed by atoms with E-state index < -0.39 is 0 Å². The van der Waals surface area contributed by atoms with Crippen molar-refractivity contribution in [3.05, 3.63) is 52.5 Å². The van der Waals surface area contributed by atoms with E-state index in [1.807, 2.05) is 31.2 Å². The van der Waals surface area contributed by atoms with Gasteiger partial charge >= 0.3 is 0 Å². The number of halogens is 2. The summed E-state index contributed by atoms with van der Waals surface area (Å²) in [5, 5.41) is 6.83. The van der Waals surface area contributed by atoms with Gasteiger partial charge in [0.05, 0.1) is 12.6 Å². The van der Waals surface area contributed by atoms with Gasteiger partial charge in [0.2, 0.25) is 5.91 Å². The number of rotatable bonds is 7. The van der Waals surface area contributed by atoms with Crippen LogP contribution >= 0.6 is 23.2 Å². The summed E-state index contributed by atoms with van der Waals surface area (Å²) < 4.78 is 5.70. The molecule has 0 aliphatic heterocycles. The third-order valence-electron chi connectivity index (χ3n) is 3.37. The Morgan fingerprint density at radius 2 is 1.71 bits per heavy atom. The molecule has 24 heavy (non-hydrogen) atoms. The van der Waals surface area contributed by atoms with Gasteiger partial charge in [0.15, 0.2) is 0 Å². The van der Waals surface area contributed by atoms with Gasteiger partial charge in [-0.3, -0.25) is 4.79 Å². The number of hydrogen-bond acceptors (Lipinski definition) is 3. The number of benzene rings is 2. The molecule has 0 aromatic heterocycles. The minimum atomic E-state index is -0.165. The Labute approximate surface area is 152 Å². The number of amides is 1. The second kappa shape index (κ2) is 8.81. The normalized spacial score (nSPS) is 11.7. The Morgan fingerprint density at radius 1 is 1.08 bits per heavy atom. The highest BCUT2D eigenvalue weighted by molar-refractivity contribution is 6.35. The van der Waals surface area contributed by atoms with Crippen LogP contribution in [0.5, 0.6) is 5.75 Å². The molecule has 0 bridgehead atoms. The Balaban J connectivity index is 1.85. The van der Waals surface area contributed by atoms with Crippen LogP contribution in [-0.4, -0.2) is 18.6 Å². The van der Waals surface area contributed by atoms with Gasteiger partial charge < -0.3 is 15.4 Å². The Kier molecular flexibility index (Phi) is 6.76. The molecule has 0 radical (unpaired) electrons. The van der Waals surface area contributed by atoms with Crippen molar-refractivity contribution < 1.29 is 9.53 Å². The monoisotopic (exact) mass is 366 g/mol. The molecule has 0 spiro atoms. The summed E-state index contributed by atoms with van der Waals surface area (Å²) in [6, 6.07) is 12.4. The minimum absolute atomic E-state index is 0.113. The molecule has 4 nitrogen and oxygen atoms in total. The summed E-state index contributed by atoms with van der Waals surface area (Å²) in [5.41, 5.74) is 1.40. The third-order valence-corrected chi connectivity index (χ3v) is 3.80. The number of nitrogens with one attached hydrogen (secondary N) is 2. The standard InChI is InChI=1S/C18H20Cl2N2O2/c1-3-12(2)24-17-6-4-15(5-7-17)22-18(23)11-21-16-9-13(19)8-14(20)10-16/h4-10,12,21H,3,11H2,1-2H3,(H,22,23). The van der Waals surface area contributed by atoms with Crippen LogP contribution in [0.25, 0.3) is 0 Å². The highest BCUT2D eigenvalue weighted by Gasteiger charge is 2.05. The number of carbonyl (C=O) groups is 1. The number of carbonyl (C=O) groups excluding carboxylic acids is 1. The maximum Gasteiger partial charge on any atom is 0.243 e. The summed E-state index contributed by atoms with van der Waals surface area (Å²) in [4.78, 5) is 12.0. The van der Waals surface area contributed by atoms with Gasteiger partial charge in [-0.15, -0.1) is 0 Å². The first-order chi connectivity index (χ1) is 11.5. The first-order valence-corrected chi connectivity index (χ1v) is 8.48. The van der Waals surface area contributed by atoms with Crippen molar-refractivity contribution in [1.29, 1.82) is 0 Å². The van der Waals surface area contributed by atoms with Gasteiger partial charge in [-0.25, -0.2) is 0 Å². The van der Waals surface area contributed by atoms with E-state index in [4.69, 9.17) is 27.9 Å². The van der Waals surface area contributed by atoms with Crippen molar-refractivity contribution in [1.82, 2.24) is 0 Å². The molecule has 1 unspecified atom stereocenters. The van der Waals surface area contributed by atoms with Crippen LogP contribution in [0.4, 0.5) is 11.4 Å². The average Bonchev–Trinajstić information content (AvgIpc) is 2.54. The van der Waals surface area contributed by atoms with E-state index >= 15 is 0 Å². The highest BCUT2D eigenvalue weighted by atomic mass is 35.5. The summed E-state index contributed by atoms with van der Waals surface area (Å²) in [6.07, 6.45) is 1.11. The van der Waals surface area contributed by atoms with E-state index in [1.165, 1.54) is 0 Å². The van der Waals surface area contributed by atoms with E-state index in [9.17, 15) is 4.79 Å². The second-order valence-corrected chi connectivity index (χ2v) is 6.29. The highest BCUT2D eigenvalue weighted by Crippen LogP contribution is 2.22. The summed E-state index contributed by atoms with van der Waals surface area (Å²) >= 11 is 11.8. The van der Waals surface area contributed by atoms with Gasteiger partial charge in [0, 0.05) is 21.4 Å². The van der Waals surface area contributed by atoms with E-state index in [0.717, 1.165) is 12.2 Å². The summed E-state index contributed by atoms with van der Waals surface area (Å²) in [7, 11) is 0. The predicted octanol–water partition coefficient (Wildman–Crippen LogP) is 5.22. The van der Waals surface area contributed by atoms with Gasteiger partial charge in [0.1, 0.15) is 5.75 Å². The fourth-order valence-corrected chi connectivity index (χ4v) is 2.50. The molecule has 0 aliphatic rings. The van der Waals surface area contributed by atoms with Crippen LogP contribution in [0, 0.1) is 0 Å². The molecule has 0 saturated heterocycles. The third kappa shape index (κ3) is 5.95. The number of anilines is 2. The lowest BCUT2D eigenvalue weighted by atomic mass is 10.2. The Bertz CT molecular complexity index is 670. The van der Waals surface area contributed by atoms with Crippen LogP contribution in [0.3, 0.4) is 0 Å². The van der Waals surface area contributed by atoms with Crippen molar-refractivity contribution >= 4 is 40.5 Å². The van der Waals surface area contributed by atoms with Gasteiger partial charge in [-0.05, 0) is 55.8 Å². The van der Waals surface area contributed by atoms with Gasteiger partial charge in [-0.1, -0.05) is 30.1 Å². The van der Waals surface area contributed by atoms with Crippen LogP contribution in [0.1, 0.15) is 20.3 Å². The van der Waals surface area contributed by atoms with E-state index in [0.29, 0.717) is 21.4 Å². The van der Waals surface area contributed by atoms with Crippen molar-refractivity contribution in [2.24, 2.45) is 0 Å². The molecule has 2 N–H and O–H groups in total. The zero-order valence-corrected chi connectivity index (χ0v) is 15.1. The molecule has 0 heterocycles. The first kappa shape index (κ1) is 18.4. The lowest BCUT2D eigenvalue weighted by Gasteiger charge is -2.13. The fraction of sp³-hybridized carbons (Fsp3) is 0.278. The van der Waals surface area contributed by atoms with Crippen LogP contribution in [-0.2, 0) is 4.79 Å². The Morgan fingerprint density at radius 3 is 2.29 bits per heavy atom. The topological polar surface area (TPSA) is 50.4 Å². The number of hydrogen-bond donors (Lipinski definition) is 2. The van der Waals surface area contributed by atoms with Crippen LogP contribution in [0.15, 0.2) is 42.5 Å². The molecule has 2 rings (SSSR count). The lowest BCUT2D eigenvalue weighted by Crippen LogP contribution is -2.21. The molecule has 128 valence electrons. The van der Waals surface area contributed by atoms with Crippen molar-refractivity contribution in [3.63, 3.8) is 0 Å². The van der Waals surface area contributed by atoms with Crippen molar-refractivity contribution in [2.45, 2.75) is 26.4 Å². The average molecular weight is 367 g/mol. The summed E-state index contributed by atoms with van der Waals surface area (Å²) in [5.74, 6) is 0.621. The molecule has 0 aliphatic carbocycles. The molecule has 1 amide bonds. The molecule has 2 aromatic rings. The Hall–Kier alpha value is -1.91. The quantitative estimate of drug-likeness (QED) is 0.705. The van der Waals surface area contributed by atoms with Crippen LogP contribution < -0.4 is 15.4 Å². The molecule has 6 heteroatoms. The largest absolute Gasteiger partial charge is 0.491 e. The maximum absolute atomic E-state index is 12.0. The lowest BCUT2D eigenvalue weighted by molar-refractivity contribution is -0.114. The molecule has 2 aromatic carbocycles. The zero-order chi connectivity index (χ0) is 17.5. The molecular weight excluding hydrogens is 347 g/mol. The van der Waals surface area contributed by atoms with Crippen LogP contribution in [0.2, 0.25) is 10.0 Å². The van der Waals surface area contributed by atoms with Crippen molar-refractivity contribution in [3.8, 4) is 5.75 Å². The van der Waals surface area contributed by atoms with E-state index in [-0.39, 0.29) is 18.6 Å². The first-order valence-electron chi connectivity index (χ1n) is 7.73. The fourth-order valence-electron chi connectivity index (χ4n) is 1.98. The molecular formula is C18H20Cl2N2O2. The maximum atomic E-state index is 12.0. The smallest absolute Gasteiger partial charge is 0.243 e. The molecule has 0 fully saturated rings. The number of ether oxygens (including phenoxy) is 1. The minimum Gasteiger partial charge on any atom is -0.491 e. The van der Waals surface area contributed by atoms with Gasteiger partial charge in [0.25, 0.3) is 0 Å². The van der Waals surface area contributed by atoms with Gasteiger partial charge in [-0.2, -0.15) is 0 Å².